The van der Waals surface area contributed by atoms with Crippen molar-refractivity contribution >= 4 is 28.2 Å². The van der Waals surface area contributed by atoms with Crippen LogP contribution in [0.2, 0.25) is 5.02 Å². The number of nitrogens with one attached hydrogen (secondary N) is 1. The second-order valence-electron chi connectivity index (χ2n) is 8.22. The summed E-state index contributed by atoms with van der Waals surface area (Å²) >= 11 is 6.10. The number of anilines is 1. The van der Waals surface area contributed by atoms with Crippen molar-refractivity contribution < 1.29 is 4.39 Å². The summed E-state index contributed by atoms with van der Waals surface area (Å²) in [6.07, 6.45) is 4.88. The molecule has 5 nitrogen and oxygen atoms in total. The second-order valence-corrected chi connectivity index (χ2v) is 8.66. The highest BCUT2D eigenvalue weighted by Crippen LogP contribution is 2.35. The van der Waals surface area contributed by atoms with E-state index in [-0.39, 0.29) is 5.82 Å². The molecule has 7 heteroatoms. The van der Waals surface area contributed by atoms with E-state index in [4.69, 9.17) is 11.6 Å². The highest BCUT2D eigenvalue weighted by Gasteiger charge is 2.24. The van der Waals surface area contributed by atoms with E-state index in [1.165, 1.54) is 12.1 Å². The molecule has 0 aliphatic carbocycles. The summed E-state index contributed by atoms with van der Waals surface area (Å²) < 4.78 is 14.5. The van der Waals surface area contributed by atoms with E-state index in [1.54, 1.807) is 12.3 Å². The zero-order valence-corrected chi connectivity index (χ0v) is 18.2. The number of halogens is 2. The standard InChI is InChI=1S/C24H23ClFN5/c1-30(2)18-7-8-31(14-18)19-10-16-9-15(3-6-23(16)27-12-19)21-13-28-29-24(21)20-11-17(25)4-5-22(20)26/h3-6,9-13,18H,7-8,14H2,1-2H3,(H,28,29). The van der Waals surface area contributed by atoms with Gasteiger partial charge < -0.3 is 9.80 Å². The number of hydrogen-bond acceptors (Lipinski definition) is 4. The van der Waals surface area contributed by atoms with Crippen LogP contribution in [0.15, 0.2) is 54.9 Å². The Kier molecular flexibility index (Phi) is 5.12. The fourth-order valence-corrected chi connectivity index (χ4v) is 4.42. The van der Waals surface area contributed by atoms with Crippen molar-refractivity contribution in [2.24, 2.45) is 0 Å². The Balaban J connectivity index is 1.53. The van der Waals surface area contributed by atoms with Gasteiger partial charge in [0, 0.05) is 46.9 Å². The monoisotopic (exact) mass is 435 g/mol. The van der Waals surface area contributed by atoms with Crippen LogP contribution in [-0.2, 0) is 0 Å². The zero-order chi connectivity index (χ0) is 21.5. The van der Waals surface area contributed by atoms with Crippen molar-refractivity contribution in [3.05, 3.63) is 65.7 Å². The van der Waals surface area contributed by atoms with Gasteiger partial charge in [0.1, 0.15) is 11.5 Å². The van der Waals surface area contributed by atoms with Gasteiger partial charge in [-0.2, -0.15) is 5.10 Å². The van der Waals surface area contributed by atoms with E-state index in [0.717, 1.165) is 47.2 Å². The van der Waals surface area contributed by atoms with Crippen molar-refractivity contribution in [3.8, 4) is 22.4 Å². The smallest absolute Gasteiger partial charge is 0.132 e. The number of likely N-dealkylation sites (N-methyl/N-ethyl adjacent to an activating group) is 1. The summed E-state index contributed by atoms with van der Waals surface area (Å²) in [7, 11) is 4.26. The maximum Gasteiger partial charge on any atom is 0.132 e. The van der Waals surface area contributed by atoms with Crippen molar-refractivity contribution in [2.75, 3.05) is 32.1 Å². The Morgan fingerprint density at radius 1 is 1.13 bits per heavy atom. The normalized spacial score (nSPS) is 16.5. The van der Waals surface area contributed by atoms with Crippen LogP contribution in [-0.4, -0.2) is 53.3 Å². The van der Waals surface area contributed by atoms with Gasteiger partial charge in [0.05, 0.1) is 17.4 Å². The average Bonchev–Trinajstić information content (AvgIpc) is 3.45. The highest BCUT2D eigenvalue weighted by atomic mass is 35.5. The van der Waals surface area contributed by atoms with Crippen molar-refractivity contribution in [1.29, 1.82) is 0 Å². The summed E-state index contributed by atoms with van der Waals surface area (Å²) in [5, 5.41) is 8.69. The molecule has 0 amide bonds. The number of H-pyrrole nitrogens is 1. The Morgan fingerprint density at radius 3 is 2.81 bits per heavy atom. The fourth-order valence-electron chi connectivity index (χ4n) is 4.25. The van der Waals surface area contributed by atoms with Crippen LogP contribution >= 0.6 is 11.6 Å². The highest BCUT2D eigenvalue weighted by molar-refractivity contribution is 6.30. The van der Waals surface area contributed by atoms with Gasteiger partial charge in [-0.15, -0.1) is 0 Å². The van der Waals surface area contributed by atoms with E-state index < -0.39 is 0 Å². The lowest BCUT2D eigenvalue weighted by Gasteiger charge is -2.21. The number of benzene rings is 2. The maximum absolute atomic E-state index is 14.5. The van der Waals surface area contributed by atoms with Gasteiger partial charge in [0.2, 0.25) is 0 Å². The van der Waals surface area contributed by atoms with Gasteiger partial charge in [-0.1, -0.05) is 17.7 Å². The van der Waals surface area contributed by atoms with Gasteiger partial charge in [-0.05, 0) is 62.5 Å². The molecule has 2 aromatic heterocycles. The lowest BCUT2D eigenvalue weighted by atomic mass is 10.00. The zero-order valence-electron chi connectivity index (χ0n) is 17.4. The minimum Gasteiger partial charge on any atom is -0.369 e. The lowest BCUT2D eigenvalue weighted by molar-refractivity contribution is 0.315. The quantitative estimate of drug-likeness (QED) is 0.477. The van der Waals surface area contributed by atoms with Gasteiger partial charge in [0.15, 0.2) is 0 Å². The number of nitrogens with zero attached hydrogens (tertiary/aromatic N) is 4. The molecular formula is C24H23ClFN5. The molecule has 1 saturated heterocycles. The summed E-state index contributed by atoms with van der Waals surface area (Å²) in [6, 6.07) is 13.3. The van der Waals surface area contributed by atoms with Crippen LogP contribution in [0.5, 0.6) is 0 Å². The summed E-state index contributed by atoms with van der Waals surface area (Å²) in [4.78, 5) is 9.33. The molecule has 1 fully saturated rings. The van der Waals surface area contributed by atoms with Crippen molar-refractivity contribution in [3.63, 3.8) is 0 Å². The Hall–Kier alpha value is -2.96. The van der Waals surface area contributed by atoms with Gasteiger partial charge in [-0.3, -0.25) is 10.1 Å². The minimum absolute atomic E-state index is 0.355. The molecule has 1 aliphatic rings. The Bertz CT molecular complexity index is 1250. The molecule has 4 aromatic rings. The molecule has 0 radical (unpaired) electrons. The second kappa shape index (κ2) is 7.94. The van der Waals surface area contributed by atoms with E-state index in [9.17, 15) is 4.39 Å². The summed E-state index contributed by atoms with van der Waals surface area (Å²) in [5.41, 5.74) is 4.74. The van der Waals surface area contributed by atoms with Crippen LogP contribution in [0.3, 0.4) is 0 Å². The lowest BCUT2D eigenvalue weighted by Crippen LogP contribution is -2.31. The molecule has 1 N–H and O–H groups in total. The first-order valence-corrected chi connectivity index (χ1v) is 10.7. The number of aromatic amines is 1. The van der Waals surface area contributed by atoms with Gasteiger partial charge in [0.25, 0.3) is 0 Å². The van der Waals surface area contributed by atoms with E-state index in [0.29, 0.717) is 22.3 Å². The molecule has 0 spiro atoms. The average molecular weight is 436 g/mol. The Morgan fingerprint density at radius 2 is 2.00 bits per heavy atom. The number of fused-ring (bicyclic) bond motifs is 1. The van der Waals surface area contributed by atoms with Gasteiger partial charge in [-0.25, -0.2) is 4.39 Å². The van der Waals surface area contributed by atoms with Crippen LogP contribution < -0.4 is 4.90 Å². The molecule has 158 valence electrons. The molecule has 1 aliphatic heterocycles. The van der Waals surface area contributed by atoms with Crippen LogP contribution in [0.4, 0.5) is 10.1 Å². The third kappa shape index (κ3) is 3.77. The Labute approximate surface area is 185 Å². The molecule has 3 heterocycles. The van der Waals surface area contributed by atoms with Crippen LogP contribution in [0, 0.1) is 5.82 Å². The molecular weight excluding hydrogens is 413 g/mol. The predicted molar refractivity (Wildman–Crippen MR) is 124 cm³/mol. The number of pyridine rings is 1. The van der Waals surface area contributed by atoms with E-state index in [2.05, 4.69) is 51.2 Å². The first kappa shape index (κ1) is 20.0. The van der Waals surface area contributed by atoms with E-state index >= 15 is 0 Å². The molecule has 1 atom stereocenters. The predicted octanol–water partition coefficient (Wildman–Crippen LogP) is 5.22. The number of hydrogen-bond donors (Lipinski definition) is 1. The molecule has 0 saturated carbocycles. The fraction of sp³-hybridized carbons (Fsp3) is 0.250. The number of aromatic nitrogens is 3. The van der Waals surface area contributed by atoms with E-state index in [1.807, 2.05) is 18.3 Å². The SMILES string of the molecule is CN(C)C1CCN(c2cnc3ccc(-c4c[nH]nc4-c4cc(Cl)ccc4F)cc3c2)C1. The first-order valence-electron chi connectivity index (χ1n) is 10.3. The molecule has 5 rings (SSSR count). The summed E-state index contributed by atoms with van der Waals surface area (Å²) in [6.45, 7) is 2.02. The van der Waals surface area contributed by atoms with Crippen molar-refractivity contribution in [1.82, 2.24) is 20.1 Å². The third-order valence-corrected chi connectivity index (χ3v) is 6.30. The molecule has 2 aromatic carbocycles. The number of rotatable bonds is 4. The topological polar surface area (TPSA) is 48.0 Å². The summed E-state index contributed by atoms with van der Waals surface area (Å²) in [5.74, 6) is -0.355. The first-order chi connectivity index (χ1) is 15.0. The maximum atomic E-state index is 14.5. The van der Waals surface area contributed by atoms with Crippen LogP contribution in [0.1, 0.15) is 6.42 Å². The van der Waals surface area contributed by atoms with Crippen LogP contribution in [0.25, 0.3) is 33.3 Å². The molecule has 31 heavy (non-hydrogen) atoms. The third-order valence-electron chi connectivity index (χ3n) is 6.06. The largest absolute Gasteiger partial charge is 0.369 e. The molecule has 1 unspecified atom stereocenters. The molecule has 0 bridgehead atoms. The van der Waals surface area contributed by atoms with Gasteiger partial charge >= 0.3 is 0 Å². The minimum atomic E-state index is -0.355. The van der Waals surface area contributed by atoms with Crippen molar-refractivity contribution in [2.45, 2.75) is 12.5 Å².